The number of nitriles is 1. The van der Waals surface area contributed by atoms with E-state index < -0.39 is 0 Å². The zero-order valence-corrected chi connectivity index (χ0v) is 10.6. The van der Waals surface area contributed by atoms with Crippen LogP contribution in [0.4, 0.5) is 0 Å². The van der Waals surface area contributed by atoms with Gasteiger partial charge in [-0.3, -0.25) is 9.89 Å². The molecule has 1 aromatic heterocycles. The summed E-state index contributed by atoms with van der Waals surface area (Å²) in [6, 6.07) is 8.97. The SMILES string of the molecule is CC(NC(=O)Cc1ccc(C#N)cc1)c1cn[nH]c1. The normalized spacial score (nSPS) is 11.6. The number of carbonyl (C=O) groups is 1. The van der Waals surface area contributed by atoms with Crippen LogP contribution in [-0.2, 0) is 11.2 Å². The van der Waals surface area contributed by atoms with Crippen LogP contribution in [0.25, 0.3) is 0 Å². The molecule has 0 bridgehead atoms. The quantitative estimate of drug-likeness (QED) is 0.871. The van der Waals surface area contributed by atoms with Gasteiger partial charge in [-0.05, 0) is 24.6 Å². The molecule has 0 radical (unpaired) electrons. The molecule has 19 heavy (non-hydrogen) atoms. The Balaban J connectivity index is 1.92. The van der Waals surface area contributed by atoms with Crippen molar-refractivity contribution >= 4 is 5.91 Å². The Hall–Kier alpha value is -2.61. The third-order valence-electron chi connectivity index (χ3n) is 2.84. The Morgan fingerprint density at radius 2 is 2.21 bits per heavy atom. The number of aromatic nitrogens is 2. The molecule has 0 fully saturated rings. The summed E-state index contributed by atoms with van der Waals surface area (Å²) in [5.74, 6) is -0.0570. The fourth-order valence-electron chi connectivity index (χ4n) is 1.76. The third kappa shape index (κ3) is 3.42. The van der Waals surface area contributed by atoms with Crippen molar-refractivity contribution in [2.75, 3.05) is 0 Å². The van der Waals surface area contributed by atoms with Gasteiger partial charge in [0.25, 0.3) is 0 Å². The Morgan fingerprint density at radius 1 is 1.47 bits per heavy atom. The highest BCUT2D eigenvalue weighted by Gasteiger charge is 2.10. The third-order valence-corrected chi connectivity index (χ3v) is 2.84. The van der Waals surface area contributed by atoms with Crippen molar-refractivity contribution in [2.24, 2.45) is 0 Å². The van der Waals surface area contributed by atoms with Crippen LogP contribution < -0.4 is 5.32 Å². The molecular weight excluding hydrogens is 240 g/mol. The first-order chi connectivity index (χ1) is 9.19. The van der Waals surface area contributed by atoms with E-state index in [1.165, 1.54) is 0 Å². The van der Waals surface area contributed by atoms with Gasteiger partial charge in [0.15, 0.2) is 0 Å². The second-order valence-corrected chi connectivity index (χ2v) is 4.31. The zero-order valence-electron chi connectivity index (χ0n) is 10.6. The largest absolute Gasteiger partial charge is 0.349 e. The standard InChI is InChI=1S/C14H14N4O/c1-10(13-8-16-17-9-13)18-14(19)6-11-2-4-12(7-15)5-3-11/h2-5,8-10H,6H2,1H3,(H,16,17)(H,18,19). The summed E-state index contributed by atoms with van der Waals surface area (Å²) in [4.78, 5) is 11.9. The molecule has 0 aliphatic carbocycles. The molecule has 1 amide bonds. The van der Waals surface area contributed by atoms with Crippen LogP contribution in [0.3, 0.4) is 0 Å². The molecule has 1 heterocycles. The molecule has 5 nitrogen and oxygen atoms in total. The van der Waals surface area contributed by atoms with Crippen LogP contribution in [0, 0.1) is 11.3 Å². The maximum absolute atomic E-state index is 11.9. The number of amides is 1. The number of nitrogens with one attached hydrogen (secondary N) is 2. The average molecular weight is 254 g/mol. The van der Waals surface area contributed by atoms with Crippen LogP contribution in [0.5, 0.6) is 0 Å². The molecule has 2 N–H and O–H groups in total. The average Bonchev–Trinajstić information content (AvgIpc) is 2.93. The van der Waals surface area contributed by atoms with Crippen molar-refractivity contribution in [2.45, 2.75) is 19.4 Å². The van der Waals surface area contributed by atoms with Gasteiger partial charge in [-0.2, -0.15) is 10.4 Å². The van der Waals surface area contributed by atoms with Crippen LogP contribution in [0.2, 0.25) is 0 Å². The molecule has 0 aliphatic rings. The minimum absolute atomic E-state index is 0.0570. The van der Waals surface area contributed by atoms with E-state index in [0.29, 0.717) is 12.0 Å². The lowest BCUT2D eigenvalue weighted by Gasteiger charge is -2.11. The number of hydrogen-bond acceptors (Lipinski definition) is 3. The smallest absolute Gasteiger partial charge is 0.224 e. The molecule has 0 spiro atoms. The van der Waals surface area contributed by atoms with E-state index in [1.54, 1.807) is 36.7 Å². The molecule has 0 saturated heterocycles. The number of benzene rings is 1. The Morgan fingerprint density at radius 3 is 2.79 bits per heavy atom. The van der Waals surface area contributed by atoms with Gasteiger partial charge in [0.1, 0.15) is 0 Å². The van der Waals surface area contributed by atoms with Gasteiger partial charge in [0.05, 0.1) is 30.3 Å². The zero-order chi connectivity index (χ0) is 13.7. The van der Waals surface area contributed by atoms with E-state index in [1.807, 2.05) is 13.0 Å². The Bertz CT molecular complexity index is 581. The van der Waals surface area contributed by atoms with Crippen molar-refractivity contribution in [3.05, 3.63) is 53.3 Å². The summed E-state index contributed by atoms with van der Waals surface area (Å²) in [6.07, 6.45) is 3.74. The van der Waals surface area contributed by atoms with Gasteiger partial charge in [-0.25, -0.2) is 0 Å². The molecule has 5 heteroatoms. The van der Waals surface area contributed by atoms with E-state index in [4.69, 9.17) is 5.26 Å². The van der Waals surface area contributed by atoms with E-state index in [0.717, 1.165) is 11.1 Å². The van der Waals surface area contributed by atoms with E-state index in [9.17, 15) is 4.79 Å². The summed E-state index contributed by atoms with van der Waals surface area (Å²) < 4.78 is 0. The highest BCUT2D eigenvalue weighted by atomic mass is 16.1. The fraction of sp³-hybridized carbons (Fsp3) is 0.214. The van der Waals surface area contributed by atoms with Crippen molar-refractivity contribution in [3.63, 3.8) is 0 Å². The molecule has 2 rings (SSSR count). The second-order valence-electron chi connectivity index (χ2n) is 4.31. The molecule has 2 aromatic rings. The maximum Gasteiger partial charge on any atom is 0.224 e. The molecular formula is C14H14N4O. The van der Waals surface area contributed by atoms with E-state index in [-0.39, 0.29) is 11.9 Å². The summed E-state index contributed by atoms with van der Waals surface area (Å²) in [5.41, 5.74) is 2.42. The number of aromatic amines is 1. The molecule has 0 aliphatic heterocycles. The van der Waals surface area contributed by atoms with Crippen molar-refractivity contribution in [1.82, 2.24) is 15.5 Å². The lowest BCUT2D eigenvalue weighted by atomic mass is 10.1. The topological polar surface area (TPSA) is 81.6 Å². The predicted molar refractivity (Wildman–Crippen MR) is 70.0 cm³/mol. The van der Waals surface area contributed by atoms with Gasteiger partial charge < -0.3 is 5.32 Å². The fourth-order valence-corrected chi connectivity index (χ4v) is 1.76. The maximum atomic E-state index is 11.9. The first-order valence-corrected chi connectivity index (χ1v) is 5.96. The van der Waals surface area contributed by atoms with Crippen LogP contribution in [-0.4, -0.2) is 16.1 Å². The van der Waals surface area contributed by atoms with Crippen molar-refractivity contribution < 1.29 is 4.79 Å². The first-order valence-electron chi connectivity index (χ1n) is 5.96. The Labute approximate surface area is 111 Å². The highest BCUT2D eigenvalue weighted by molar-refractivity contribution is 5.79. The molecule has 1 atom stereocenters. The first kappa shape index (κ1) is 12.8. The van der Waals surface area contributed by atoms with Gasteiger partial charge in [-0.1, -0.05) is 12.1 Å². The van der Waals surface area contributed by atoms with Gasteiger partial charge in [0.2, 0.25) is 5.91 Å². The van der Waals surface area contributed by atoms with Crippen molar-refractivity contribution in [3.8, 4) is 6.07 Å². The van der Waals surface area contributed by atoms with Crippen LogP contribution in [0.1, 0.15) is 29.7 Å². The molecule has 1 unspecified atom stereocenters. The summed E-state index contributed by atoms with van der Waals surface area (Å²) >= 11 is 0. The van der Waals surface area contributed by atoms with Crippen LogP contribution >= 0.6 is 0 Å². The van der Waals surface area contributed by atoms with Gasteiger partial charge >= 0.3 is 0 Å². The predicted octanol–water partition coefficient (Wildman–Crippen LogP) is 1.70. The summed E-state index contributed by atoms with van der Waals surface area (Å²) in [7, 11) is 0. The summed E-state index contributed by atoms with van der Waals surface area (Å²) in [5, 5.41) is 18.2. The number of carbonyl (C=O) groups excluding carboxylic acids is 1. The summed E-state index contributed by atoms with van der Waals surface area (Å²) in [6.45, 7) is 1.90. The Kier molecular flexibility index (Phi) is 3.94. The number of nitrogens with zero attached hydrogens (tertiary/aromatic N) is 2. The van der Waals surface area contributed by atoms with Gasteiger partial charge in [-0.15, -0.1) is 0 Å². The van der Waals surface area contributed by atoms with Gasteiger partial charge in [0, 0.05) is 11.8 Å². The number of H-pyrrole nitrogens is 1. The lowest BCUT2D eigenvalue weighted by Crippen LogP contribution is -2.27. The molecule has 1 aromatic carbocycles. The molecule has 0 saturated carbocycles. The second kappa shape index (κ2) is 5.83. The number of hydrogen-bond donors (Lipinski definition) is 2. The van der Waals surface area contributed by atoms with Crippen LogP contribution in [0.15, 0.2) is 36.7 Å². The number of rotatable bonds is 4. The monoisotopic (exact) mass is 254 g/mol. The molecule has 96 valence electrons. The minimum Gasteiger partial charge on any atom is -0.349 e. The minimum atomic E-state index is -0.0790. The van der Waals surface area contributed by atoms with Crippen molar-refractivity contribution in [1.29, 1.82) is 5.26 Å². The van der Waals surface area contributed by atoms with E-state index in [2.05, 4.69) is 15.5 Å². The van der Waals surface area contributed by atoms with E-state index >= 15 is 0 Å². The highest BCUT2D eigenvalue weighted by Crippen LogP contribution is 2.10. The lowest BCUT2D eigenvalue weighted by molar-refractivity contribution is -0.121.